The number of benzene rings is 2. The van der Waals surface area contributed by atoms with Crippen LogP contribution in [0.5, 0.6) is 5.75 Å². The topological polar surface area (TPSA) is 67.4 Å². The van der Waals surface area contributed by atoms with Crippen molar-refractivity contribution in [2.24, 2.45) is 0 Å². The summed E-state index contributed by atoms with van der Waals surface area (Å²) in [6, 6.07) is 8.98. The van der Waals surface area contributed by atoms with E-state index in [0.29, 0.717) is 18.7 Å². The van der Waals surface area contributed by atoms with Crippen molar-refractivity contribution in [1.82, 2.24) is 0 Å². The average Bonchev–Trinajstić information content (AvgIpc) is 2.59. The summed E-state index contributed by atoms with van der Waals surface area (Å²) < 4.78 is 44.4. The molecule has 0 aromatic heterocycles. The Bertz CT molecular complexity index is 835. The van der Waals surface area contributed by atoms with Crippen LogP contribution in [0.1, 0.15) is 36.2 Å². The maximum Gasteiger partial charge on any atom is 0.416 e. The zero-order chi connectivity index (χ0) is 20.0. The number of alkyl halides is 3. The molecule has 2 rings (SSSR count). The van der Waals surface area contributed by atoms with Gasteiger partial charge in [-0.05, 0) is 42.8 Å². The third kappa shape index (κ3) is 5.73. The number of hydrogen-bond donors (Lipinski definition) is 2. The van der Waals surface area contributed by atoms with E-state index in [1.807, 2.05) is 6.92 Å². The predicted octanol–water partition coefficient (Wildman–Crippen LogP) is 4.70. The summed E-state index contributed by atoms with van der Waals surface area (Å²) in [6.45, 7) is 3.48. The van der Waals surface area contributed by atoms with Gasteiger partial charge in [0, 0.05) is 18.2 Å². The third-order valence-electron chi connectivity index (χ3n) is 3.46. The quantitative estimate of drug-likeness (QED) is 0.763. The molecule has 0 heterocycles. The number of carbonyl (C=O) groups excluding carboxylic acids is 2. The number of nitrogens with one attached hydrogen (secondary N) is 2. The number of carbonyl (C=O) groups is 2. The molecule has 2 aromatic rings. The summed E-state index contributed by atoms with van der Waals surface area (Å²) in [6.07, 6.45) is -3.89. The van der Waals surface area contributed by atoms with Crippen molar-refractivity contribution in [2.75, 3.05) is 17.2 Å². The highest BCUT2D eigenvalue weighted by Gasteiger charge is 2.31. The Labute approximate surface area is 154 Å². The van der Waals surface area contributed by atoms with Gasteiger partial charge in [0.15, 0.2) is 0 Å². The second-order valence-corrected chi connectivity index (χ2v) is 5.77. The fourth-order valence-corrected chi connectivity index (χ4v) is 2.28. The van der Waals surface area contributed by atoms with E-state index < -0.39 is 17.6 Å². The van der Waals surface area contributed by atoms with Crippen LogP contribution in [-0.2, 0) is 11.0 Å². The molecule has 0 saturated heterocycles. The number of ether oxygens (including phenoxy) is 1. The highest BCUT2D eigenvalue weighted by molar-refractivity contribution is 6.06. The number of amides is 2. The van der Waals surface area contributed by atoms with E-state index in [4.69, 9.17) is 4.74 Å². The molecular weight excluding hydrogens is 361 g/mol. The Balaban J connectivity index is 2.30. The van der Waals surface area contributed by atoms with E-state index in [0.717, 1.165) is 12.1 Å². The predicted molar refractivity (Wildman–Crippen MR) is 95.9 cm³/mol. The van der Waals surface area contributed by atoms with Gasteiger partial charge in [-0.2, -0.15) is 13.2 Å². The molecule has 0 radical (unpaired) electrons. The molecule has 0 aliphatic rings. The second-order valence-electron chi connectivity index (χ2n) is 5.77. The van der Waals surface area contributed by atoms with Gasteiger partial charge in [0.2, 0.25) is 5.91 Å². The second kappa shape index (κ2) is 8.57. The first-order valence-electron chi connectivity index (χ1n) is 8.23. The van der Waals surface area contributed by atoms with E-state index in [9.17, 15) is 22.8 Å². The lowest BCUT2D eigenvalue weighted by Gasteiger charge is -2.15. The lowest BCUT2D eigenvalue weighted by molar-refractivity contribution is -0.137. The minimum Gasteiger partial charge on any atom is -0.491 e. The van der Waals surface area contributed by atoms with E-state index in [1.54, 1.807) is 12.1 Å². The van der Waals surface area contributed by atoms with Gasteiger partial charge in [0.05, 0.1) is 17.9 Å². The minimum absolute atomic E-state index is 0.0757. The van der Waals surface area contributed by atoms with Crippen LogP contribution < -0.4 is 15.4 Å². The highest BCUT2D eigenvalue weighted by Crippen LogP contribution is 2.35. The van der Waals surface area contributed by atoms with Crippen LogP contribution in [0.25, 0.3) is 0 Å². The number of hydrogen-bond acceptors (Lipinski definition) is 3. The van der Waals surface area contributed by atoms with Crippen molar-refractivity contribution in [3.63, 3.8) is 0 Å². The molecule has 0 aliphatic carbocycles. The molecule has 2 aromatic carbocycles. The smallest absolute Gasteiger partial charge is 0.416 e. The Morgan fingerprint density at radius 1 is 1.07 bits per heavy atom. The standard InChI is InChI=1S/C19H19F3N2O3/c1-3-9-27-17-8-7-14(19(20,21)22)11-16(17)24-18(26)13-5-4-6-15(10-13)23-12(2)25/h4-8,10-11H,3,9H2,1-2H3,(H,23,25)(H,24,26). The van der Waals surface area contributed by atoms with Gasteiger partial charge < -0.3 is 15.4 Å². The molecule has 0 bridgehead atoms. The first-order chi connectivity index (χ1) is 12.7. The molecule has 27 heavy (non-hydrogen) atoms. The van der Waals surface area contributed by atoms with E-state index in [2.05, 4.69) is 10.6 Å². The average molecular weight is 380 g/mol. The molecule has 2 amide bonds. The summed E-state index contributed by atoms with van der Waals surface area (Å²) in [5.41, 5.74) is -0.386. The van der Waals surface area contributed by atoms with Crippen molar-refractivity contribution in [3.8, 4) is 5.75 Å². The summed E-state index contributed by atoms with van der Waals surface area (Å²) in [5.74, 6) is -0.778. The molecule has 0 saturated carbocycles. The van der Waals surface area contributed by atoms with Crippen LogP contribution in [0, 0.1) is 0 Å². The number of anilines is 2. The normalized spacial score (nSPS) is 11.0. The zero-order valence-electron chi connectivity index (χ0n) is 14.8. The van der Waals surface area contributed by atoms with Crippen molar-refractivity contribution in [2.45, 2.75) is 26.4 Å². The Hall–Kier alpha value is -3.03. The van der Waals surface area contributed by atoms with Crippen LogP contribution in [-0.4, -0.2) is 18.4 Å². The van der Waals surface area contributed by atoms with E-state index >= 15 is 0 Å². The molecule has 0 atom stereocenters. The SMILES string of the molecule is CCCOc1ccc(C(F)(F)F)cc1NC(=O)c1cccc(NC(C)=O)c1. The van der Waals surface area contributed by atoms with Crippen molar-refractivity contribution in [3.05, 3.63) is 53.6 Å². The third-order valence-corrected chi connectivity index (χ3v) is 3.46. The van der Waals surface area contributed by atoms with Gasteiger partial charge in [0.1, 0.15) is 5.75 Å². The van der Waals surface area contributed by atoms with E-state index in [-0.39, 0.29) is 22.9 Å². The van der Waals surface area contributed by atoms with Crippen LogP contribution in [0.3, 0.4) is 0 Å². The summed E-state index contributed by atoms with van der Waals surface area (Å²) in [4.78, 5) is 23.6. The lowest BCUT2D eigenvalue weighted by atomic mass is 10.1. The fourth-order valence-electron chi connectivity index (χ4n) is 2.28. The van der Waals surface area contributed by atoms with Crippen LogP contribution in [0.4, 0.5) is 24.5 Å². The summed E-state index contributed by atoms with van der Waals surface area (Å²) in [5, 5.41) is 4.99. The van der Waals surface area contributed by atoms with Gasteiger partial charge in [-0.25, -0.2) is 0 Å². The number of halogens is 3. The van der Waals surface area contributed by atoms with Gasteiger partial charge in [0.25, 0.3) is 5.91 Å². The number of rotatable bonds is 6. The molecule has 0 aliphatic heterocycles. The maximum atomic E-state index is 13.0. The molecule has 0 unspecified atom stereocenters. The largest absolute Gasteiger partial charge is 0.491 e. The molecular formula is C19H19F3N2O3. The Morgan fingerprint density at radius 2 is 1.81 bits per heavy atom. The van der Waals surface area contributed by atoms with Crippen molar-refractivity contribution in [1.29, 1.82) is 0 Å². The highest BCUT2D eigenvalue weighted by atomic mass is 19.4. The fraction of sp³-hybridized carbons (Fsp3) is 0.263. The zero-order valence-corrected chi connectivity index (χ0v) is 14.8. The van der Waals surface area contributed by atoms with Crippen LogP contribution >= 0.6 is 0 Å². The monoisotopic (exact) mass is 380 g/mol. The summed E-state index contributed by atoms with van der Waals surface area (Å²) >= 11 is 0. The molecule has 5 nitrogen and oxygen atoms in total. The maximum absolute atomic E-state index is 13.0. The van der Waals surface area contributed by atoms with Crippen molar-refractivity contribution >= 4 is 23.2 Å². The van der Waals surface area contributed by atoms with Gasteiger partial charge in [-0.3, -0.25) is 9.59 Å². The minimum atomic E-state index is -4.55. The van der Waals surface area contributed by atoms with Gasteiger partial charge >= 0.3 is 6.18 Å². The Morgan fingerprint density at radius 3 is 2.44 bits per heavy atom. The van der Waals surface area contributed by atoms with Crippen LogP contribution in [0.15, 0.2) is 42.5 Å². The first kappa shape index (κ1) is 20.3. The van der Waals surface area contributed by atoms with E-state index in [1.165, 1.54) is 25.1 Å². The molecule has 8 heteroatoms. The molecule has 144 valence electrons. The van der Waals surface area contributed by atoms with Crippen molar-refractivity contribution < 1.29 is 27.5 Å². The van der Waals surface area contributed by atoms with Gasteiger partial charge in [-0.15, -0.1) is 0 Å². The Kier molecular flexibility index (Phi) is 6.44. The molecule has 0 fully saturated rings. The summed E-state index contributed by atoms with van der Waals surface area (Å²) in [7, 11) is 0. The van der Waals surface area contributed by atoms with Crippen LogP contribution in [0.2, 0.25) is 0 Å². The van der Waals surface area contributed by atoms with Gasteiger partial charge in [-0.1, -0.05) is 13.0 Å². The lowest BCUT2D eigenvalue weighted by Crippen LogP contribution is -2.15. The molecule has 2 N–H and O–H groups in total. The molecule has 0 spiro atoms. The first-order valence-corrected chi connectivity index (χ1v) is 8.23.